The lowest BCUT2D eigenvalue weighted by atomic mass is 10.1. The van der Waals surface area contributed by atoms with Gasteiger partial charge in [-0.05, 0) is 129 Å². The molecular weight excluding hydrogens is 756 g/mol. The van der Waals surface area contributed by atoms with Crippen molar-refractivity contribution in [2.45, 2.75) is 101 Å². The van der Waals surface area contributed by atoms with Gasteiger partial charge in [0.2, 0.25) is 17.6 Å². The van der Waals surface area contributed by atoms with Crippen LogP contribution in [0.3, 0.4) is 0 Å². The first-order valence-corrected chi connectivity index (χ1v) is 22.5. The molecule has 0 aliphatic heterocycles. The zero-order valence-corrected chi connectivity index (χ0v) is 36.3. The lowest BCUT2D eigenvalue weighted by molar-refractivity contribution is 0.283. The van der Waals surface area contributed by atoms with E-state index in [1.165, 1.54) is 0 Å². The maximum Gasteiger partial charge on any atom is 0.650 e. The van der Waals surface area contributed by atoms with E-state index in [0.717, 1.165) is 119 Å². The van der Waals surface area contributed by atoms with Gasteiger partial charge in [0, 0.05) is 16.7 Å². The minimum Gasteiger partial charge on any atom is -0.369 e. The van der Waals surface area contributed by atoms with Gasteiger partial charge in [-0.15, -0.1) is 0 Å². The summed E-state index contributed by atoms with van der Waals surface area (Å²) in [5.41, 5.74) is 16.9. The number of phosphoric acid groups is 1. The standard InChI is InChI=1S/C48H51N6O4P/c1-10-31-34(13-4)46(52-40-19-16-28(7)22-37(40)49-25-43(31)52)56-59(55,57-47-35(14-5)32(11-2)44-26-50-38-23-29(8)17-20-41(38)53(44)47)58-48-36(15-6)33(12-3)45-27-51-39-24-30(9)18-21-42(39)54(45)48/h16-27H,10-15H2,1-9H3. The van der Waals surface area contributed by atoms with E-state index in [2.05, 4.69) is 117 Å². The number of rotatable bonds is 12. The Morgan fingerprint density at radius 1 is 0.424 bits per heavy atom. The Morgan fingerprint density at radius 2 is 0.695 bits per heavy atom. The Bertz CT molecular complexity index is 2860. The lowest BCUT2D eigenvalue weighted by Crippen LogP contribution is -2.13. The maximum absolute atomic E-state index is 16.6. The predicted molar refractivity (Wildman–Crippen MR) is 238 cm³/mol. The van der Waals surface area contributed by atoms with Gasteiger partial charge in [-0.2, -0.15) is 4.57 Å². The summed E-state index contributed by atoms with van der Waals surface area (Å²) in [5.74, 6) is 1.27. The monoisotopic (exact) mass is 806 g/mol. The lowest BCUT2D eigenvalue weighted by Gasteiger charge is -2.22. The van der Waals surface area contributed by atoms with Gasteiger partial charge in [-0.3, -0.25) is 28.2 Å². The van der Waals surface area contributed by atoms with Gasteiger partial charge >= 0.3 is 7.82 Å². The van der Waals surface area contributed by atoms with Crippen LogP contribution in [0.1, 0.15) is 91.6 Å². The third-order valence-electron chi connectivity index (χ3n) is 11.9. The van der Waals surface area contributed by atoms with E-state index in [9.17, 15) is 0 Å². The topological polar surface area (TPSA) is 96.7 Å². The summed E-state index contributed by atoms with van der Waals surface area (Å²) in [4.78, 5) is 14.6. The molecule has 0 aliphatic carbocycles. The number of nitrogens with zero attached hydrogens (tertiary/aromatic N) is 6. The van der Waals surface area contributed by atoms with Gasteiger partial charge in [-0.1, -0.05) is 59.7 Å². The molecule has 0 unspecified atom stereocenters. The zero-order chi connectivity index (χ0) is 41.3. The Hall–Kier alpha value is -5.86. The highest BCUT2D eigenvalue weighted by atomic mass is 31.2. The molecule has 0 fully saturated rings. The van der Waals surface area contributed by atoms with Gasteiger partial charge in [0.1, 0.15) is 0 Å². The van der Waals surface area contributed by atoms with Crippen LogP contribution in [0.4, 0.5) is 0 Å². The van der Waals surface area contributed by atoms with E-state index in [-0.39, 0.29) is 0 Å². The molecule has 6 heterocycles. The first-order chi connectivity index (χ1) is 28.6. The molecule has 0 bridgehead atoms. The molecule has 0 N–H and O–H groups in total. The second-order valence-electron chi connectivity index (χ2n) is 15.5. The third-order valence-corrected chi connectivity index (χ3v) is 13.1. The molecule has 10 nitrogen and oxygen atoms in total. The summed E-state index contributed by atoms with van der Waals surface area (Å²) in [6.07, 6.45) is 9.75. The number of benzene rings is 3. The molecule has 11 heteroatoms. The molecule has 0 radical (unpaired) electrons. The van der Waals surface area contributed by atoms with E-state index in [1.54, 1.807) is 0 Å². The van der Waals surface area contributed by atoms with Crippen molar-refractivity contribution < 1.29 is 18.1 Å². The molecule has 6 aromatic heterocycles. The first-order valence-electron chi connectivity index (χ1n) is 21.0. The zero-order valence-electron chi connectivity index (χ0n) is 35.4. The molecule has 9 aromatic rings. The number of aryl methyl sites for hydroxylation is 6. The van der Waals surface area contributed by atoms with Gasteiger partial charge < -0.3 is 13.6 Å². The number of phosphoric ester groups is 1. The Labute approximate surface area is 344 Å². The molecule has 59 heavy (non-hydrogen) atoms. The summed E-state index contributed by atoms with van der Waals surface area (Å²) in [6.45, 7) is 18.9. The number of hydrogen-bond acceptors (Lipinski definition) is 7. The van der Waals surface area contributed by atoms with E-state index < -0.39 is 7.82 Å². The van der Waals surface area contributed by atoms with E-state index in [1.807, 2.05) is 31.8 Å². The molecule has 0 atom stereocenters. The summed E-state index contributed by atoms with van der Waals surface area (Å²) in [7, 11) is -4.70. The third kappa shape index (κ3) is 6.05. The Kier molecular flexibility index (Phi) is 9.66. The van der Waals surface area contributed by atoms with Crippen LogP contribution in [0.15, 0.2) is 73.2 Å². The minimum absolute atomic E-state index is 0.424. The maximum atomic E-state index is 16.6. The summed E-state index contributed by atoms with van der Waals surface area (Å²) >= 11 is 0. The van der Waals surface area contributed by atoms with Crippen LogP contribution in [0.5, 0.6) is 17.6 Å². The SMILES string of the molecule is CCc1c(CC)c2cnc3cc(C)ccc3n2c1OP(=O)(Oc1c(CC)c(CC)c2cnc3cc(C)ccc3n12)Oc1c(CC)c(CC)c2cnc3cc(C)ccc3n12. The van der Waals surface area contributed by atoms with Crippen LogP contribution in [-0.4, -0.2) is 28.2 Å². The second-order valence-corrected chi connectivity index (χ2v) is 17.0. The molecule has 302 valence electrons. The van der Waals surface area contributed by atoms with Crippen LogP contribution in [0.25, 0.3) is 49.7 Å². The van der Waals surface area contributed by atoms with Gasteiger partial charge in [0.15, 0.2) is 0 Å². The van der Waals surface area contributed by atoms with Crippen molar-refractivity contribution in [2.24, 2.45) is 0 Å². The van der Waals surface area contributed by atoms with Crippen molar-refractivity contribution >= 4 is 57.5 Å². The van der Waals surface area contributed by atoms with Crippen molar-refractivity contribution in [3.63, 3.8) is 0 Å². The fourth-order valence-electron chi connectivity index (χ4n) is 9.22. The summed E-state index contributed by atoms with van der Waals surface area (Å²) in [6, 6.07) is 18.5. The van der Waals surface area contributed by atoms with Crippen molar-refractivity contribution in [3.05, 3.63) is 123 Å². The largest absolute Gasteiger partial charge is 0.650 e. The van der Waals surface area contributed by atoms with Gasteiger partial charge in [0.05, 0.1) is 68.2 Å². The molecule has 0 spiro atoms. The predicted octanol–water partition coefficient (Wildman–Crippen LogP) is 12.0. The molecule has 0 aliphatic rings. The summed E-state index contributed by atoms with van der Waals surface area (Å²) in [5, 5.41) is 0. The Morgan fingerprint density at radius 3 is 0.949 bits per heavy atom. The molecular formula is C48H51N6O4P. The smallest absolute Gasteiger partial charge is 0.369 e. The fraction of sp³-hybridized carbons (Fsp3) is 0.312. The molecule has 0 saturated heterocycles. The molecule has 0 saturated carbocycles. The van der Waals surface area contributed by atoms with Gasteiger partial charge in [0.25, 0.3) is 0 Å². The normalized spacial score (nSPS) is 12.3. The molecule has 9 rings (SSSR count). The number of hydrogen-bond donors (Lipinski definition) is 0. The van der Waals surface area contributed by atoms with E-state index >= 15 is 4.57 Å². The molecule has 3 aromatic carbocycles. The minimum atomic E-state index is -4.70. The average Bonchev–Trinajstić information content (AvgIpc) is 3.83. The quantitative estimate of drug-likeness (QED) is 0.113. The number of fused-ring (bicyclic) bond motifs is 9. The second kappa shape index (κ2) is 14.8. The van der Waals surface area contributed by atoms with Crippen LogP contribution in [0.2, 0.25) is 0 Å². The fourth-order valence-corrected chi connectivity index (χ4v) is 10.5. The van der Waals surface area contributed by atoms with Crippen molar-refractivity contribution in [3.8, 4) is 17.6 Å². The van der Waals surface area contributed by atoms with E-state index in [4.69, 9.17) is 28.5 Å². The average molecular weight is 807 g/mol. The highest BCUT2D eigenvalue weighted by Gasteiger charge is 2.41. The van der Waals surface area contributed by atoms with Crippen molar-refractivity contribution in [1.82, 2.24) is 28.2 Å². The van der Waals surface area contributed by atoms with Crippen molar-refractivity contribution in [2.75, 3.05) is 0 Å². The van der Waals surface area contributed by atoms with Crippen LogP contribution < -0.4 is 13.6 Å². The van der Waals surface area contributed by atoms with Crippen LogP contribution in [-0.2, 0) is 43.1 Å². The van der Waals surface area contributed by atoms with E-state index in [0.29, 0.717) is 36.9 Å². The molecule has 0 amide bonds. The summed E-state index contributed by atoms with van der Waals surface area (Å²) < 4.78 is 44.0. The Balaban J connectivity index is 1.37. The van der Waals surface area contributed by atoms with Crippen molar-refractivity contribution in [1.29, 1.82) is 0 Å². The highest BCUT2D eigenvalue weighted by molar-refractivity contribution is 7.49. The van der Waals surface area contributed by atoms with Crippen LogP contribution >= 0.6 is 7.82 Å². The number of aromatic nitrogens is 6. The van der Waals surface area contributed by atoms with Gasteiger partial charge in [-0.25, -0.2) is 0 Å². The highest BCUT2D eigenvalue weighted by Crippen LogP contribution is 2.55. The first kappa shape index (κ1) is 38.6. The van der Waals surface area contributed by atoms with Crippen LogP contribution in [0, 0.1) is 20.8 Å².